The molecule has 1 atom stereocenters. The third kappa shape index (κ3) is 4.43. The molecule has 0 bridgehead atoms. The second-order valence-electron chi connectivity index (χ2n) is 7.26. The molecule has 1 aromatic heterocycles. The molecule has 26 heavy (non-hydrogen) atoms. The molecule has 1 fully saturated rings. The van der Waals surface area contributed by atoms with Crippen LogP contribution in [0.15, 0.2) is 12.1 Å². The van der Waals surface area contributed by atoms with Crippen LogP contribution in [-0.2, 0) is 16.0 Å². The molecule has 0 spiro atoms. The third-order valence-electron chi connectivity index (χ3n) is 5.37. The van der Waals surface area contributed by atoms with Gasteiger partial charge >= 0.3 is 0 Å². The quantitative estimate of drug-likeness (QED) is 0.710. The molecule has 1 amide bonds. The number of hydrogen-bond donors (Lipinski definition) is 2. The number of nitrogens with zero attached hydrogens (tertiary/aromatic N) is 2. The van der Waals surface area contributed by atoms with Gasteiger partial charge in [-0.25, -0.2) is 4.98 Å². The first kappa shape index (κ1) is 18.9. The van der Waals surface area contributed by atoms with E-state index in [9.17, 15) is 4.79 Å². The van der Waals surface area contributed by atoms with Crippen LogP contribution in [0.3, 0.4) is 0 Å². The van der Waals surface area contributed by atoms with Gasteiger partial charge in [0.1, 0.15) is 5.82 Å². The number of H-pyrrole nitrogens is 1. The minimum absolute atomic E-state index is 0.115. The van der Waals surface area contributed by atoms with Gasteiger partial charge in [0.05, 0.1) is 23.6 Å². The van der Waals surface area contributed by atoms with Gasteiger partial charge in [0.15, 0.2) is 0 Å². The lowest BCUT2D eigenvalue weighted by molar-refractivity contribution is -0.124. The van der Waals surface area contributed by atoms with Crippen LogP contribution in [0.2, 0.25) is 0 Å². The van der Waals surface area contributed by atoms with Crippen molar-refractivity contribution in [1.29, 1.82) is 0 Å². The van der Waals surface area contributed by atoms with Crippen molar-refractivity contribution in [2.24, 2.45) is 5.92 Å². The molecule has 1 aromatic carbocycles. The number of aromatic amines is 1. The molecule has 2 aromatic rings. The molecule has 142 valence electrons. The number of fused-ring (bicyclic) bond motifs is 1. The fourth-order valence-corrected chi connectivity index (χ4v) is 3.56. The van der Waals surface area contributed by atoms with Gasteiger partial charge in [-0.15, -0.1) is 0 Å². The van der Waals surface area contributed by atoms with Crippen molar-refractivity contribution in [2.75, 3.05) is 39.9 Å². The minimum atomic E-state index is 0.115. The Hall–Kier alpha value is -1.92. The average molecular weight is 358 g/mol. The molecule has 0 radical (unpaired) electrons. The van der Waals surface area contributed by atoms with E-state index in [1.54, 1.807) is 7.11 Å². The zero-order valence-corrected chi connectivity index (χ0v) is 16.1. The van der Waals surface area contributed by atoms with Crippen molar-refractivity contribution in [2.45, 2.75) is 33.1 Å². The molecule has 1 saturated heterocycles. The fraction of sp³-hybridized carbons (Fsp3) is 0.600. The summed E-state index contributed by atoms with van der Waals surface area (Å²) < 4.78 is 5.11. The van der Waals surface area contributed by atoms with E-state index >= 15 is 0 Å². The topological polar surface area (TPSA) is 70.2 Å². The van der Waals surface area contributed by atoms with Crippen LogP contribution >= 0.6 is 0 Å². The highest BCUT2D eigenvalue weighted by Crippen LogP contribution is 2.20. The van der Waals surface area contributed by atoms with Crippen molar-refractivity contribution in [1.82, 2.24) is 20.2 Å². The number of nitrogens with one attached hydrogen (secondary N) is 2. The number of amides is 1. The summed E-state index contributed by atoms with van der Waals surface area (Å²) in [5, 5.41) is 3.09. The summed E-state index contributed by atoms with van der Waals surface area (Å²) in [5.41, 5.74) is 4.65. The van der Waals surface area contributed by atoms with Crippen molar-refractivity contribution in [3.8, 4) is 0 Å². The summed E-state index contributed by atoms with van der Waals surface area (Å²) in [6.45, 7) is 8.38. The SMILES string of the molecule is COCCN1CC[C@H](C(=O)NCCCc2nc3c(C)c(C)ccc3[nH]2)C1. The number of aryl methyl sites for hydroxylation is 3. The Kier molecular flexibility index (Phi) is 6.27. The first-order valence-corrected chi connectivity index (χ1v) is 9.52. The molecule has 0 unspecified atom stereocenters. The van der Waals surface area contributed by atoms with Crippen LogP contribution in [-0.4, -0.2) is 60.7 Å². The maximum absolute atomic E-state index is 12.3. The van der Waals surface area contributed by atoms with E-state index in [0.29, 0.717) is 6.54 Å². The number of methoxy groups -OCH3 is 1. The van der Waals surface area contributed by atoms with Gasteiger partial charge < -0.3 is 19.9 Å². The predicted molar refractivity (Wildman–Crippen MR) is 103 cm³/mol. The molecule has 1 aliphatic rings. The Morgan fingerprint density at radius 1 is 1.42 bits per heavy atom. The maximum atomic E-state index is 12.3. The number of aromatic nitrogens is 2. The van der Waals surface area contributed by atoms with Crippen molar-refractivity contribution >= 4 is 16.9 Å². The summed E-state index contributed by atoms with van der Waals surface area (Å²) in [6, 6.07) is 4.21. The van der Waals surface area contributed by atoms with Crippen LogP contribution in [0, 0.1) is 19.8 Å². The number of carbonyl (C=O) groups excluding carboxylic acids is 1. The Labute approximate surface area is 155 Å². The number of likely N-dealkylation sites (tertiary alicyclic amines) is 1. The molecular formula is C20H30N4O2. The van der Waals surface area contributed by atoms with Crippen LogP contribution in [0.25, 0.3) is 11.0 Å². The molecule has 1 aliphatic heterocycles. The van der Waals surface area contributed by atoms with E-state index in [1.807, 2.05) is 0 Å². The van der Waals surface area contributed by atoms with E-state index in [4.69, 9.17) is 9.72 Å². The Morgan fingerprint density at radius 3 is 3.08 bits per heavy atom. The van der Waals surface area contributed by atoms with Gasteiger partial charge in [0.2, 0.25) is 5.91 Å². The molecule has 0 saturated carbocycles. The average Bonchev–Trinajstić information content (AvgIpc) is 3.27. The number of carbonyl (C=O) groups is 1. The normalized spacial score (nSPS) is 17.9. The van der Waals surface area contributed by atoms with Crippen LogP contribution in [0.4, 0.5) is 0 Å². The lowest BCUT2D eigenvalue weighted by atomic mass is 10.1. The Bertz CT molecular complexity index is 756. The van der Waals surface area contributed by atoms with Crippen molar-refractivity contribution in [3.05, 3.63) is 29.1 Å². The standard InChI is InChI=1S/C20H30N4O2/c1-14-6-7-17-19(15(14)2)23-18(22-17)5-4-9-21-20(25)16-8-10-24(13-16)11-12-26-3/h6-7,16H,4-5,8-13H2,1-3H3,(H,21,25)(H,22,23)/t16-/m0/s1. The molecular weight excluding hydrogens is 328 g/mol. The predicted octanol–water partition coefficient (Wildman–Crippen LogP) is 2.20. The number of imidazole rings is 1. The molecule has 6 nitrogen and oxygen atoms in total. The highest BCUT2D eigenvalue weighted by molar-refractivity contribution is 5.80. The molecule has 3 rings (SSSR count). The van der Waals surface area contributed by atoms with E-state index in [1.165, 1.54) is 11.1 Å². The van der Waals surface area contributed by atoms with Crippen LogP contribution in [0.1, 0.15) is 29.8 Å². The van der Waals surface area contributed by atoms with Gasteiger partial charge in [-0.05, 0) is 50.4 Å². The fourth-order valence-electron chi connectivity index (χ4n) is 3.56. The van der Waals surface area contributed by atoms with E-state index in [-0.39, 0.29) is 11.8 Å². The van der Waals surface area contributed by atoms with Crippen LogP contribution < -0.4 is 5.32 Å². The van der Waals surface area contributed by atoms with Gasteiger partial charge in [-0.2, -0.15) is 0 Å². The lowest BCUT2D eigenvalue weighted by Crippen LogP contribution is -2.34. The largest absolute Gasteiger partial charge is 0.383 e. The first-order chi connectivity index (χ1) is 12.6. The Morgan fingerprint density at radius 2 is 2.27 bits per heavy atom. The first-order valence-electron chi connectivity index (χ1n) is 9.52. The summed E-state index contributed by atoms with van der Waals surface area (Å²) in [7, 11) is 1.71. The molecule has 0 aliphatic carbocycles. The van der Waals surface area contributed by atoms with Gasteiger partial charge in [-0.1, -0.05) is 6.07 Å². The zero-order valence-electron chi connectivity index (χ0n) is 16.1. The summed E-state index contributed by atoms with van der Waals surface area (Å²) in [6.07, 6.45) is 2.68. The Balaban J connectivity index is 1.42. The van der Waals surface area contributed by atoms with E-state index < -0.39 is 0 Å². The second-order valence-corrected chi connectivity index (χ2v) is 7.26. The number of rotatable bonds is 8. The monoisotopic (exact) mass is 358 g/mol. The number of hydrogen-bond acceptors (Lipinski definition) is 4. The smallest absolute Gasteiger partial charge is 0.224 e. The summed E-state index contributed by atoms with van der Waals surface area (Å²) >= 11 is 0. The minimum Gasteiger partial charge on any atom is -0.383 e. The number of ether oxygens (including phenoxy) is 1. The molecule has 6 heteroatoms. The highest BCUT2D eigenvalue weighted by atomic mass is 16.5. The summed E-state index contributed by atoms with van der Waals surface area (Å²) in [4.78, 5) is 22.7. The molecule has 2 heterocycles. The lowest BCUT2D eigenvalue weighted by Gasteiger charge is -2.15. The van der Waals surface area contributed by atoms with E-state index in [2.05, 4.69) is 41.2 Å². The van der Waals surface area contributed by atoms with Crippen molar-refractivity contribution in [3.63, 3.8) is 0 Å². The van der Waals surface area contributed by atoms with Gasteiger partial charge in [0, 0.05) is 33.2 Å². The highest BCUT2D eigenvalue weighted by Gasteiger charge is 2.27. The third-order valence-corrected chi connectivity index (χ3v) is 5.37. The van der Waals surface area contributed by atoms with Gasteiger partial charge in [-0.3, -0.25) is 4.79 Å². The maximum Gasteiger partial charge on any atom is 0.224 e. The summed E-state index contributed by atoms with van der Waals surface area (Å²) in [5.74, 6) is 1.29. The second kappa shape index (κ2) is 8.64. The van der Waals surface area contributed by atoms with Crippen LogP contribution in [0.5, 0.6) is 0 Å². The zero-order chi connectivity index (χ0) is 18.5. The number of benzene rings is 1. The molecule has 2 N–H and O–H groups in total. The van der Waals surface area contributed by atoms with Gasteiger partial charge in [0.25, 0.3) is 0 Å². The van der Waals surface area contributed by atoms with E-state index in [0.717, 1.165) is 62.4 Å². The van der Waals surface area contributed by atoms with Crippen molar-refractivity contribution < 1.29 is 9.53 Å².